The Balaban J connectivity index is 1.47. The zero-order valence-electron chi connectivity index (χ0n) is 13.1. The number of carbonyl (C=O) groups excluding carboxylic acids is 2. The standard InChI is InChI=1S/C15H11F2N5O3S/c16-11-2-1-10(5-12(11)17)18-13(23)7-25-14(24)6-22-20-15(19-21-22)9-3-4-26-8-9/h1-5,8H,6-7H2,(H,18,23). The maximum Gasteiger partial charge on any atom is 0.330 e. The Morgan fingerprint density at radius 3 is 2.81 bits per heavy atom. The minimum absolute atomic E-state index is 0.0447. The van der Waals surface area contributed by atoms with Gasteiger partial charge in [-0.1, -0.05) is 0 Å². The lowest BCUT2D eigenvalue weighted by molar-refractivity contribution is -0.148. The van der Waals surface area contributed by atoms with Crippen LogP contribution in [-0.4, -0.2) is 38.7 Å². The van der Waals surface area contributed by atoms with E-state index in [1.807, 2.05) is 16.8 Å². The van der Waals surface area contributed by atoms with Crippen LogP contribution in [0.25, 0.3) is 11.4 Å². The van der Waals surface area contributed by atoms with E-state index in [0.29, 0.717) is 5.82 Å². The van der Waals surface area contributed by atoms with Gasteiger partial charge in [-0.2, -0.15) is 16.1 Å². The molecule has 0 atom stereocenters. The van der Waals surface area contributed by atoms with Gasteiger partial charge >= 0.3 is 5.97 Å². The third-order valence-corrected chi connectivity index (χ3v) is 3.75. The number of esters is 1. The van der Waals surface area contributed by atoms with Crippen LogP contribution >= 0.6 is 11.3 Å². The van der Waals surface area contributed by atoms with Gasteiger partial charge in [-0.25, -0.2) is 13.6 Å². The van der Waals surface area contributed by atoms with Crippen LogP contribution in [0.15, 0.2) is 35.0 Å². The number of amides is 1. The number of nitrogens with one attached hydrogen (secondary N) is 1. The van der Waals surface area contributed by atoms with Crippen LogP contribution in [0, 0.1) is 11.6 Å². The van der Waals surface area contributed by atoms with Gasteiger partial charge in [0.1, 0.15) is 0 Å². The normalized spacial score (nSPS) is 10.5. The molecule has 0 aliphatic carbocycles. The summed E-state index contributed by atoms with van der Waals surface area (Å²) in [5, 5.41) is 17.5. The van der Waals surface area contributed by atoms with Gasteiger partial charge < -0.3 is 10.1 Å². The highest BCUT2D eigenvalue weighted by Gasteiger charge is 2.13. The number of aromatic nitrogens is 4. The summed E-state index contributed by atoms with van der Waals surface area (Å²) in [5.74, 6) is -3.21. The second kappa shape index (κ2) is 7.78. The Morgan fingerprint density at radius 1 is 1.23 bits per heavy atom. The fourth-order valence-electron chi connectivity index (χ4n) is 1.90. The summed E-state index contributed by atoms with van der Waals surface area (Å²) in [6.07, 6.45) is 0. The minimum Gasteiger partial charge on any atom is -0.454 e. The predicted octanol–water partition coefficient (Wildman–Crippen LogP) is 1.86. The fourth-order valence-corrected chi connectivity index (χ4v) is 2.53. The summed E-state index contributed by atoms with van der Waals surface area (Å²) in [6, 6.07) is 4.69. The summed E-state index contributed by atoms with van der Waals surface area (Å²) in [4.78, 5) is 24.4. The molecule has 0 saturated heterocycles. The molecule has 1 aromatic carbocycles. The van der Waals surface area contributed by atoms with E-state index >= 15 is 0 Å². The molecule has 2 aromatic heterocycles. The van der Waals surface area contributed by atoms with E-state index < -0.39 is 30.1 Å². The van der Waals surface area contributed by atoms with Gasteiger partial charge in [-0.3, -0.25) is 4.79 Å². The number of hydrogen-bond acceptors (Lipinski definition) is 7. The second-order valence-electron chi connectivity index (χ2n) is 4.99. The highest BCUT2D eigenvalue weighted by molar-refractivity contribution is 7.08. The van der Waals surface area contributed by atoms with E-state index in [1.165, 1.54) is 17.4 Å². The second-order valence-corrected chi connectivity index (χ2v) is 5.77. The molecule has 0 fully saturated rings. The summed E-state index contributed by atoms with van der Waals surface area (Å²) in [5.41, 5.74) is 0.823. The fraction of sp³-hybridized carbons (Fsp3) is 0.133. The molecule has 11 heteroatoms. The number of hydrogen-bond donors (Lipinski definition) is 1. The van der Waals surface area contributed by atoms with Crippen LogP contribution in [0.5, 0.6) is 0 Å². The smallest absolute Gasteiger partial charge is 0.330 e. The molecule has 26 heavy (non-hydrogen) atoms. The van der Waals surface area contributed by atoms with E-state index in [9.17, 15) is 18.4 Å². The Kier molecular flexibility index (Phi) is 5.27. The van der Waals surface area contributed by atoms with Crippen LogP contribution in [0.3, 0.4) is 0 Å². The Bertz CT molecular complexity index is 929. The quantitative estimate of drug-likeness (QED) is 0.657. The number of carbonyl (C=O) groups is 2. The van der Waals surface area contributed by atoms with Gasteiger partial charge in [0.05, 0.1) is 0 Å². The van der Waals surface area contributed by atoms with Crippen LogP contribution in [0.1, 0.15) is 0 Å². The Morgan fingerprint density at radius 2 is 2.08 bits per heavy atom. The maximum atomic E-state index is 13.1. The molecular weight excluding hydrogens is 368 g/mol. The molecule has 0 radical (unpaired) electrons. The first kappa shape index (κ1) is 17.6. The molecule has 3 rings (SSSR count). The third-order valence-electron chi connectivity index (χ3n) is 3.07. The van der Waals surface area contributed by atoms with E-state index in [0.717, 1.165) is 22.5 Å². The third kappa shape index (κ3) is 4.45. The van der Waals surface area contributed by atoms with Crippen molar-refractivity contribution in [3.05, 3.63) is 46.7 Å². The lowest BCUT2D eigenvalue weighted by Crippen LogP contribution is -2.23. The summed E-state index contributed by atoms with van der Waals surface area (Å²) in [7, 11) is 0. The molecule has 0 aliphatic rings. The van der Waals surface area contributed by atoms with Crippen molar-refractivity contribution >= 4 is 28.9 Å². The van der Waals surface area contributed by atoms with E-state index in [1.54, 1.807) is 0 Å². The number of anilines is 1. The van der Waals surface area contributed by atoms with Crippen LogP contribution in [-0.2, 0) is 20.9 Å². The summed E-state index contributed by atoms with van der Waals surface area (Å²) >= 11 is 1.47. The van der Waals surface area contributed by atoms with Crippen molar-refractivity contribution in [2.45, 2.75) is 6.54 Å². The van der Waals surface area contributed by atoms with E-state index in [-0.39, 0.29) is 12.2 Å². The molecule has 3 aromatic rings. The van der Waals surface area contributed by atoms with Gasteiger partial charge in [0.25, 0.3) is 5.91 Å². The van der Waals surface area contributed by atoms with Crippen LogP contribution in [0.2, 0.25) is 0 Å². The number of tetrazole rings is 1. The highest BCUT2D eigenvalue weighted by Crippen LogP contribution is 2.16. The van der Waals surface area contributed by atoms with Crippen molar-refractivity contribution in [1.82, 2.24) is 20.2 Å². The van der Waals surface area contributed by atoms with Gasteiger partial charge in [-0.05, 0) is 28.8 Å². The highest BCUT2D eigenvalue weighted by atomic mass is 32.1. The maximum absolute atomic E-state index is 13.1. The monoisotopic (exact) mass is 379 g/mol. The largest absolute Gasteiger partial charge is 0.454 e. The average Bonchev–Trinajstić information content (AvgIpc) is 3.28. The van der Waals surface area contributed by atoms with Crippen molar-refractivity contribution in [2.24, 2.45) is 0 Å². The van der Waals surface area contributed by atoms with E-state index in [4.69, 9.17) is 4.74 Å². The van der Waals surface area contributed by atoms with Crippen LogP contribution < -0.4 is 5.32 Å². The lowest BCUT2D eigenvalue weighted by atomic mass is 10.3. The number of benzene rings is 1. The molecule has 1 amide bonds. The lowest BCUT2D eigenvalue weighted by Gasteiger charge is -2.06. The minimum atomic E-state index is -1.10. The Labute approximate surface area is 149 Å². The Hall–Kier alpha value is -3.21. The zero-order chi connectivity index (χ0) is 18.5. The van der Waals surface area contributed by atoms with Gasteiger partial charge in [0.2, 0.25) is 5.82 Å². The first-order chi connectivity index (χ1) is 12.5. The molecule has 0 bridgehead atoms. The van der Waals surface area contributed by atoms with Crippen molar-refractivity contribution in [2.75, 3.05) is 11.9 Å². The molecule has 0 unspecified atom stereocenters. The van der Waals surface area contributed by atoms with Crippen molar-refractivity contribution in [3.8, 4) is 11.4 Å². The molecule has 134 valence electrons. The topological polar surface area (TPSA) is 99.0 Å². The van der Waals surface area contributed by atoms with Crippen LogP contribution in [0.4, 0.5) is 14.5 Å². The number of rotatable bonds is 6. The van der Waals surface area contributed by atoms with Crippen molar-refractivity contribution < 1.29 is 23.1 Å². The van der Waals surface area contributed by atoms with Gasteiger partial charge in [0, 0.05) is 22.7 Å². The van der Waals surface area contributed by atoms with E-state index in [2.05, 4.69) is 20.7 Å². The molecule has 0 aliphatic heterocycles. The first-order valence-electron chi connectivity index (χ1n) is 7.22. The number of thiophene rings is 1. The molecular formula is C15H11F2N5O3S. The summed E-state index contributed by atoms with van der Waals surface area (Å²) < 4.78 is 30.7. The first-order valence-corrected chi connectivity index (χ1v) is 8.16. The summed E-state index contributed by atoms with van der Waals surface area (Å²) in [6.45, 7) is -0.917. The van der Waals surface area contributed by atoms with Crippen molar-refractivity contribution in [3.63, 3.8) is 0 Å². The zero-order valence-corrected chi connectivity index (χ0v) is 13.9. The molecule has 0 spiro atoms. The number of ether oxygens (including phenoxy) is 1. The average molecular weight is 379 g/mol. The molecule has 0 saturated carbocycles. The molecule has 8 nitrogen and oxygen atoms in total. The number of nitrogens with zero attached hydrogens (tertiary/aromatic N) is 4. The molecule has 2 heterocycles. The number of halogens is 2. The predicted molar refractivity (Wildman–Crippen MR) is 87.1 cm³/mol. The van der Waals surface area contributed by atoms with Gasteiger partial charge in [-0.15, -0.1) is 10.2 Å². The SMILES string of the molecule is O=C(COC(=O)Cn1nnc(-c2ccsc2)n1)Nc1ccc(F)c(F)c1. The van der Waals surface area contributed by atoms with Crippen molar-refractivity contribution in [1.29, 1.82) is 0 Å². The van der Waals surface area contributed by atoms with Gasteiger partial charge in [0.15, 0.2) is 24.8 Å². The molecule has 1 N–H and O–H groups in total.